The van der Waals surface area contributed by atoms with E-state index in [1.807, 2.05) is 0 Å². The van der Waals surface area contributed by atoms with Crippen molar-refractivity contribution in [2.45, 2.75) is 6.42 Å². The second-order valence-electron chi connectivity index (χ2n) is 4.29. The average Bonchev–Trinajstić information content (AvgIpc) is 2.88. The van der Waals surface area contributed by atoms with Gasteiger partial charge in [0.25, 0.3) is 0 Å². The first-order valence-corrected chi connectivity index (χ1v) is 6.12. The minimum Gasteiger partial charge on any atom is -0.492 e. The lowest BCUT2D eigenvalue weighted by Crippen LogP contribution is -2.34. The number of halogens is 1. The lowest BCUT2D eigenvalue weighted by Gasteiger charge is -2.10. The molecule has 18 heavy (non-hydrogen) atoms. The summed E-state index contributed by atoms with van der Waals surface area (Å²) in [4.78, 5) is 11.6. The highest BCUT2D eigenvalue weighted by Crippen LogP contribution is 2.11. The SMILES string of the molecule is O=C(NCCOc1cccc(F)c1)C1CCNC1. The Bertz CT molecular complexity index is 406. The third-order valence-electron chi connectivity index (χ3n) is 2.90. The maximum absolute atomic E-state index is 12.9. The van der Waals surface area contributed by atoms with Crippen LogP contribution in [0.5, 0.6) is 5.75 Å². The Hall–Kier alpha value is -1.62. The summed E-state index contributed by atoms with van der Waals surface area (Å²) in [5.41, 5.74) is 0. The molecule has 1 saturated heterocycles. The van der Waals surface area contributed by atoms with Gasteiger partial charge in [-0.25, -0.2) is 4.39 Å². The van der Waals surface area contributed by atoms with Crippen molar-refractivity contribution in [1.29, 1.82) is 0 Å². The van der Waals surface area contributed by atoms with Gasteiger partial charge in [0.2, 0.25) is 5.91 Å². The lowest BCUT2D eigenvalue weighted by atomic mass is 10.1. The van der Waals surface area contributed by atoms with E-state index in [1.54, 1.807) is 12.1 Å². The van der Waals surface area contributed by atoms with Crippen LogP contribution in [0.3, 0.4) is 0 Å². The van der Waals surface area contributed by atoms with Crippen LogP contribution in [0.1, 0.15) is 6.42 Å². The van der Waals surface area contributed by atoms with Crippen LogP contribution in [0, 0.1) is 11.7 Å². The Labute approximate surface area is 106 Å². The predicted molar refractivity (Wildman–Crippen MR) is 65.9 cm³/mol. The molecule has 1 fully saturated rings. The highest BCUT2D eigenvalue weighted by molar-refractivity contribution is 5.79. The quantitative estimate of drug-likeness (QED) is 0.766. The molecule has 0 saturated carbocycles. The minimum atomic E-state index is -0.325. The molecule has 1 unspecified atom stereocenters. The zero-order valence-corrected chi connectivity index (χ0v) is 10.1. The summed E-state index contributed by atoms with van der Waals surface area (Å²) < 4.78 is 18.2. The number of nitrogens with one attached hydrogen (secondary N) is 2. The summed E-state index contributed by atoms with van der Waals surface area (Å²) in [7, 11) is 0. The van der Waals surface area contributed by atoms with Gasteiger partial charge in [-0.05, 0) is 25.1 Å². The fourth-order valence-corrected chi connectivity index (χ4v) is 1.92. The van der Waals surface area contributed by atoms with Gasteiger partial charge in [-0.15, -0.1) is 0 Å². The van der Waals surface area contributed by atoms with Crippen molar-refractivity contribution in [3.05, 3.63) is 30.1 Å². The Balaban J connectivity index is 1.65. The van der Waals surface area contributed by atoms with Crippen molar-refractivity contribution < 1.29 is 13.9 Å². The molecule has 1 aliphatic heterocycles. The number of rotatable bonds is 5. The van der Waals surface area contributed by atoms with Crippen LogP contribution in [0.4, 0.5) is 4.39 Å². The second kappa shape index (κ2) is 6.35. The van der Waals surface area contributed by atoms with Crippen LogP contribution in [-0.2, 0) is 4.79 Å². The maximum Gasteiger partial charge on any atom is 0.224 e. The molecule has 1 aromatic rings. The first-order chi connectivity index (χ1) is 8.75. The van der Waals surface area contributed by atoms with Crippen molar-refractivity contribution >= 4 is 5.91 Å². The number of carbonyl (C=O) groups is 1. The molecule has 0 aliphatic carbocycles. The van der Waals surface area contributed by atoms with E-state index in [4.69, 9.17) is 4.74 Å². The Morgan fingerprint density at radius 3 is 3.17 bits per heavy atom. The normalized spacial score (nSPS) is 18.6. The highest BCUT2D eigenvalue weighted by Gasteiger charge is 2.21. The molecule has 98 valence electrons. The smallest absolute Gasteiger partial charge is 0.224 e. The summed E-state index contributed by atoms with van der Waals surface area (Å²) in [5, 5.41) is 5.95. The fraction of sp³-hybridized carbons (Fsp3) is 0.462. The highest BCUT2D eigenvalue weighted by atomic mass is 19.1. The molecule has 0 radical (unpaired) electrons. The third-order valence-corrected chi connectivity index (χ3v) is 2.90. The van der Waals surface area contributed by atoms with Gasteiger partial charge >= 0.3 is 0 Å². The van der Waals surface area contributed by atoms with E-state index in [0.29, 0.717) is 18.9 Å². The zero-order valence-electron chi connectivity index (χ0n) is 10.1. The van der Waals surface area contributed by atoms with Crippen molar-refractivity contribution in [2.75, 3.05) is 26.2 Å². The van der Waals surface area contributed by atoms with E-state index in [0.717, 1.165) is 19.5 Å². The minimum absolute atomic E-state index is 0.0582. The summed E-state index contributed by atoms with van der Waals surface area (Å²) in [6.45, 7) is 2.43. The monoisotopic (exact) mass is 252 g/mol. The molecule has 1 heterocycles. The van der Waals surface area contributed by atoms with E-state index in [2.05, 4.69) is 10.6 Å². The Kier molecular flexibility index (Phi) is 4.52. The third kappa shape index (κ3) is 3.70. The van der Waals surface area contributed by atoms with E-state index < -0.39 is 0 Å². The number of carbonyl (C=O) groups excluding carboxylic acids is 1. The van der Waals surface area contributed by atoms with Crippen LogP contribution in [0.15, 0.2) is 24.3 Å². The second-order valence-corrected chi connectivity index (χ2v) is 4.29. The average molecular weight is 252 g/mol. The Morgan fingerprint density at radius 1 is 1.56 bits per heavy atom. The fourth-order valence-electron chi connectivity index (χ4n) is 1.92. The van der Waals surface area contributed by atoms with E-state index in [9.17, 15) is 9.18 Å². The molecule has 1 aliphatic rings. The maximum atomic E-state index is 12.9. The van der Waals surface area contributed by atoms with Crippen molar-refractivity contribution in [3.8, 4) is 5.75 Å². The van der Waals surface area contributed by atoms with Gasteiger partial charge in [0.05, 0.1) is 12.5 Å². The number of ether oxygens (including phenoxy) is 1. The number of hydrogen-bond donors (Lipinski definition) is 2. The molecular formula is C13H17FN2O2. The zero-order chi connectivity index (χ0) is 12.8. The van der Waals surface area contributed by atoms with E-state index in [-0.39, 0.29) is 17.6 Å². The van der Waals surface area contributed by atoms with Crippen LogP contribution >= 0.6 is 0 Å². The number of hydrogen-bond acceptors (Lipinski definition) is 3. The van der Waals surface area contributed by atoms with Gasteiger partial charge in [0, 0.05) is 12.6 Å². The molecule has 2 N–H and O–H groups in total. The molecule has 1 amide bonds. The predicted octanol–water partition coefficient (Wildman–Crippen LogP) is 0.930. The first-order valence-electron chi connectivity index (χ1n) is 6.12. The molecule has 5 heteroatoms. The summed E-state index contributed by atoms with van der Waals surface area (Å²) >= 11 is 0. The summed E-state index contributed by atoms with van der Waals surface area (Å²) in [6, 6.07) is 5.96. The molecule has 1 aromatic carbocycles. The van der Waals surface area contributed by atoms with E-state index in [1.165, 1.54) is 12.1 Å². The van der Waals surface area contributed by atoms with E-state index >= 15 is 0 Å². The lowest BCUT2D eigenvalue weighted by molar-refractivity contribution is -0.124. The van der Waals surface area contributed by atoms with Crippen LogP contribution in [0.2, 0.25) is 0 Å². The summed E-state index contributed by atoms with van der Waals surface area (Å²) in [5.74, 6) is 0.280. The van der Waals surface area contributed by atoms with Gasteiger partial charge in [0.1, 0.15) is 18.2 Å². The van der Waals surface area contributed by atoms with Gasteiger partial charge in [0.15, 0.2) is 0 Å². The Morgan fingerprint density at radius 2 is 2.44 bits per heavy atom. The van der Waals surface area contributed by atoms with Crippen LogP contribution < -0.4 is 15.4 Å². The standard InChI is InChI=1S/C13H17FN2O2/c14-11-2-1-3-12(8-11)18-7-6-16-13(17)10-4-5-15-9-10/h1-3,8,10,15H,4-7,9H2,(H,16,17). The molecule has 1 atom stereocenters. The van der Waals surface area contributed by atoms with Gasteiger partial charge in [-0.2, -0.15) is 0 Å². The molecule has 0 spiro atoms. The van der Waals surface area contributed by atoms with Crippen LogP contribution in [0.25, 0.3) is 0 Å². The summed E-state index contributed by atoms with van der Waals surface area (Å²) in [6.07, 6.45) is 0.886. The topological polar surface area (TPSA) is 50.4 Å². The number of benzene rings is 1. The molecule has 0 aromatic heterocycles. The first kappa shape index (κ1) is 12.8. The van der Waals surface area contributed by atoms with Crippen LogP contribution in [-0.4, -0.2) is 32.1 Å². The van der Waals surface area contributed by atoms with Gasteiger partial charge < -0.3 is 15.4 Å². The van der Waals surface area contributed by atoms with Gasteiger partial charge in [-0.1, -0.05) is 6.07 Å². The molecular weight excluding hydrogens is 235 g/mol. The molecule has 2 rings (SSSR count). The molecule has 0 bridgehead atoms. The van der Waals surface area contributed by atoms with Crippen molar-refractivity contribution in [1.82, 2.24) is 10.6 Å². The molecule has 4 nitrogen and oxygen atoms in total. The van der Waals surface area contributed by atoms with Gasteiger partial charge in [-0.3, -0.25) is 4.79 Å². The number of amides is 1. The van der Waals surface area contributed by atoms with Crippen molar-refractivity contribution in [3.63, 3.8) is 0 Å². The largest absolute Gasteiger partial charge is 0.492 e. The van der Waals surface area contributed by atoms with Crippen molar-refractivity contribution in [2.24, 2.45) is 5.92 Å².